The van der Waals surface area contributed by atoms with Gasteiger partial charge in [0.15, 0.2) is 0 Å². The first-order chi connectivity index (χ1) is 8.63. The molecule has 0 spiro atoms. The molecule has 0 aliphatic heterocycles. The van der Waals surface area contributed by atoms with Crippen LogP contribution in [-0.2, 0) is 19.1 Å². The molecule has 100 valence electrons. The Morgan fingerprint density at radius 3 is 2.39 bits per heavy atom. The van der Waals surface area contributed by atoms with Crippen LogP contribution in [0.4, 0.5) is 4.39 Å². The van der Waals surface area contributed by atoms with E-state index < -0.39 is 11.9 Å². The molecule has 0 amide bonds. The van der Waals surface area contributed by atoms with Crippen molar-refractivity contribution in [3.8, 4) is 0 Å². The second kappa shape index (κ2) is 8.02. The van der Waals surface area contributed by atoms with Crippen LogP contribution in [0.5, 0.6) is 0 Å². The van der Waals surface area contributed by atoms with Gasteiger partial charge in [0.2, 0.25) is 0 Å². The number of esters is 2. The molecule has 0 aromatic heterocycles. The van der Waals surface area contributed by atoms with Crippen LogP contribution in [0.3, 0.4) is 0 Å². The molecule has 0 unspecified atom stereocenters. The minimum atomic E-state index is -0.961. The van der Waals surface area contributed by atoms with Crippen LogP contribution in [0.15, 0.2) is 24.3 Å². The second-order valence-electron chi connectivity index (χ2n) is 3.12. The van der Waals surface area contributed by atoms with Gasteiger partial charge in [0.05, 0.1) is 0 Å². The zero-order chi connectivity index (χ0) is 13.4. The Labute approximate surface area is 115 Å². The first-order valence-corrected chi connectivity index (χ1v) is 7.92. The van der Waals surface area contributed by atoms with Gasteiger partial charge in [0.1, 0.15) is 0 Å². The van der Waals surface area contributed by atoms with Crippen molar-refractivity contribution in [3.05, 3.63) is 33.7 Å². The van der Waals surface area contributed by atoms with E-state index in [4.69, 9.17) is 4.74 Å². The molecule has 1 aromatic carbocycles. The van der Waals surface area contributed by atoms with Crippen molar-refractivity contribution in [2.75, 3.05) is 17.6 Å². The maximum absolute atomic E-state index is 12.6. The van der Waals surface area contributed by atoms with Gasteiger partial charge in [-0.15, -0.1) is 0 Å². The Kier molecular flexibility index (Phi) is 6.63. The summed E-state index contributed by atoms with van der Waals surface area (Å²) in [7, 11) is 0. The predicted octanol–water partition coefficient (Wildman–Crippen LogP) is -1.81. The number of hydrogen-bond donors (Lipinski definition) is 0. The Morgan fingerprint density at radius 1 is 1.17 bits per heavy atom. The Hall–Kier alpha value is -1.18. The molecule has 0 saturated carbocycles. The van der Waals surface area contributed by atoms with Crippen molar-refractivity contribution in [1.82, 2.24) is 0 Å². The third-order valence-electron chi connectivity index (χ3n) is 1.80. The Balaban J connectivity index is 2.20. The van der Waals surface area contributed by atoms with E-state index in [1.54, 1.807) is 19.1 Å². The first kappa shape index (κ1) is 14.9. The molecule has 0 aliphatic carbocycles. The van der Waals surface area contributed by atoms with Gasteiger partial charge in [-0.1, -0.05) is 0 Å². The van der Waals surface area contributed by atoms with E-state index in [-0.39, 0.29) is 40.2 Å². The summed E-state index contributed by atoms with van der Waals surface area (Å²) in [5, 5.41) is 0. The summed E-state index contributed by atoms with van der Waals surface area (Å²) < 4.78 is 23.6. The van der Waals surface area contributed by atoms with Crippen LogP contribution in [-0.4, -0.2) is 29.6 Å². The summed E-state index contributed by atoms with van der Waals surface area (Å²) in [4.78, 5) is 22.0. The third-order valence-corrected chi connectivity index (χ3v) is 4.38. The molecule has 0 bridgehead atoms. The van der Waals surface area contributed by atoms with Gasteiger partial charge in [-0.2, -0.15) is 0 Å². The van der Waals surface area contributed by atoms with Crippen molar-refractivity contribution in [3.63, 3.8) is 0 Å². The van der Waals surface area contributed by atoms with Crippen molar-refractivity contribution in [2.45, 2.75) is 6.92 Å². The Bertz CT molecular complexity index is 405. The molecule has 0 saturated heterocycles. The van der Waals surface area contributed by atoms with Crippen LogP contribution in [0.2, 0.25) is 0 Å². The van der Waals surface area contributed by atoms with Gasteiger partial charge in [0.25, 0.3) is 0 Å². The number of halogens is 2. The summed E-state index contributed by atoms with van der Waals surface area (Å²) in [6, 6.07) is 6.24. The number of benzene rings is 1. The zero-order valence-electron chi connectivity index (χ0n) is 9.82. The molecule has 0 aliphatic rings. The van der Waals surface area contributed by atoms with Crippen molar-refractivity contribution >= 4 is 11.9 Å². The van der Waals surface area contributed by atoms with Gasteiger partial charge < -0.3 is 0 Å². The second-order valence-corrected chi connectivity index (χ2v) is 6.20. The number of carbonyl (C=O) groups excluding carboxylic acids is 2. The van der Waals surface area contributed by atoms with Crippen LogP contribution in [0, 0.1) is 9.39 Å². The molecule has 0 heterocycles. The quantitative estimate of drug-likeness (QED) is 0.203. The molecule has 0 fully saturated rings. The first-order valence-electron chi connectivity index (χ1n) is 5.32. The molecule has 4 nitrogen and oxygen atoms in total. The van der Waals surface area contributed by atoms with E-state index in [1.807, 2.05) is 0 Å². The molecule has 6 heteroatoms. The zero-order valence-corrected chi connectivity index (χ0v) is 12.0. The van der Waals surface area contributed by atoms with E-state index in [1.165, 1.54) is 12.1 Å². The van der Waals surface area contributed by atoms with Crippen LogP contribution in [0.1, 0.15) is 6.92 Å². The van der Waals surface area contributed by atoms with E-state index >= 15 is 0 Å². The van der Waals surface area contributed by atoms with Crippen LogP contribution < -0.4 is 21.2 Å². The molecular weight excluding hydrogens is 354 g/mol. The molecule has 1 aromatic rings. The average Bonchev–Trinajstić information content (AvgIpc) is 2.36. The fourth-order valence-electron chi connectivity index (χ4n) is 1.05. The fraction of sp³-hybridized carbons (Fsp3) is 0.333. The summed E-state index contributed by atoms with van der Waals surface area (Å²) in [6.45, 7) is 1.95. The van der Waals surface area contributed by atoms with Gasteiger partial charge in [-0.05, 0) is 0 Å². The summed E-state index contributed by atoms with van der Waals surface area (Å²) in [5.74, 6) is -2.19. The van der Waals surface area contributed by atoms with Crippen LogP contribution >= 0.6 is 0 Å². The van der Waals surface area contributed by atoms with E-state index in [0.29, 0.717) is 4.43 Å². The fourth-order valence-corrected chi connectivity index (χ4v) is 2.98. The van der Waals surface area contributed by atoms with E-state index in [2.05, 4.69) is 4.74 Å². The van der Waals surface area contributed by atoms with Gasteiger partial charge in [-0.25, -0.2) is 0 Å². The number of ether oxygens (including phenoxy) is 2. The number of carbonyl (C=O) groups is 2. The van der Waals surface area contributed by atoms with Crippen molar-refractivity contribution < 1.29 is 44.7 Å². The van der Waals surface area contributed by atoms with Gasteiger partial charge in [0, 0.05) is 0 Å². The molecule has 0 atom stereocenters. The summed E-state index contributed by atoms with van der Waals surface area (Å²) >= 11 is -0.342. The Morgan fingerprint density at radius 2 is 1.78 bits per heavy atom. The summed E-state index contributed by atoms with van der Waals surface area (Å²) in [6.07, 6.45) is 0. The predicted molar refractivity (Wildman–Crippen MR) is 57.6 cm³/mol. The number of rotatable bonds is 5. The molecule has 1 rings (SSSR count). The molecule has 0 N–H and O–H groups in total. The van der Waals surface area contributed by atoms with Gasteiger partial charge in [-0.3, -0.25) is 0 Å². The normalized spacial score (nSPS) is 10.1. The topological polar surface area (TPSA) is 52.6 Å². The van der Waals surface area contributed by atoms with E-state index in [9.17, 15) is 14.0 Å². The molecular formula is C12H13FIO4-. The monoisotopic (exact) mass is 367 g/mol. The third kappa shape index (κ3) is 5.44. The standard InChI is InChI=1S/C12H13FIO4/c1-2-17-11(15)12(16)18-8-7-14-10-5-3-9(13)4-6-10/h3-6H,2,7-8H2,1H3/q-1. The number of alkyl halides is 1. The van der Waals surface area contributed by atoms with Crippen LogP contribution in [0.25, 0.3) is 0 Å². The average molecular weight is 367 g/mol. The van der Waals surface area contributed by atoms with Crippen molar-refractivity contribution in [1.29, 1.82) is 0 Å². The maximum atomic E-state index is 12.6. The van der Waals surface area contributed by atoms with Gasteiger partial charge >= 0.3 is 115 Å². The van der Waals surface area contributed by atoms with Crippen molar-refractivity contribution in [2.24, 2.45) is 0 Å². The molecule has 18 heavy (non-hydrogen) atoms. The molecule has 0 radical (unpaired) electrons. The number of hydrogen-bond acceptors (Lipinski definition) is 4. The minimum absolute atomic E-state index is 0.149. The SMILES string of the molecule is CCOC(=O)C(=O)OCC[I-]c1ccc(F)cc1. The van der Waals surface area contributed by atoms with E-state index in [0.717, 1.165) is 3.57 Å². The summed E-state index contributed by atoms with van der Waals surface area (Å²) in [5.41, 5.74) is 0.